The smallest absolute Gasteiger partial charge is 0.178 e. The molecule has 50 heavy (non-hydrogen) atoms. The highest BCUT2D eigenvalue weighted by molar-refractivity contribution is 6.06. The number of fused-ring (bicyclic) bond motifs is 12. The number of Topliss-reactive ketones (excluding diaryl/α,β-unsaturated/α-hetero) is 1. The molecule has 4 aliphatic carbocycles. The first kappa shape index (κ1) is 32.6. The van der Waals surface area contributed by atoms with Crippen molar-refractivity contribution in [1.82, 2.24) is 4.98 Å². The number of hydrogen-bond donors (Lipinski definition) is 2. The minimum absolute atomic E-state index is 0.123. The minimum Gasteiger partial charge on any atom is -0.386 e. The summed E-state index contributed by atoms with van der Waals surface area (Å²) in [6.45, 7) is 21.5. The molecule has 1 aromatic heterocycles. The van der Waals surface area contributed by atoms with Crippen molar-refractivity contribution < 1.29 is 33.6 Å². The molecular formula is C42H55NO7. The van der Waals surface area contributed by atoms with E-state index in [1.54, 1.807) is 0 Å². The van der Waals surface area contributed by atoms with E-state index in [1.165, 1.54) is 22.2 Å². The largest absolute Gasteiger partial charge is 0.386 e. The van der Waals surface area contributed by atoms with E-state index in [2.05, 4.69) is 86.4 Å². The fourth-order valence-corrected chi connectivity index (χ4v) is 13.6. The van der Waals surface area contributed by atoms with Crippen LogP contribution in [-0.2, 0) is 41.9 Å². The third kappa shape index (κ3) is 3.54. The predicted molar refractivity (Wildman–Crippen MR) is 188 cm³/mol. The Morgan fingerprint density at radius 2 is 1.64 bits per heavy atom. The van der Waals surface area contributed by atoms with Crippen LogP contribution in [0, 0.1) is 23.2 Å². The highest BCUT2D eigenvalue weighted by Gasteiger charge is 2.87. The number of ether oxygens (including phenoxy) is 5. The van der Waals surface area contributed by atoms with E-state index in [1.807, 2.05) is 6.08 Å². The maximum absolute atomic E-state index is 14.3. The van der Waals surface area contributed by atoms with Crippen molar-refractivity contribution in [3.63, 3.8) is 0 Å². The third-order valence-electron chi connectivity index (χ3n) is 15.9. The molecule has 270 valence electrons. The molecule has 4 aliphatic heterocycles. The molecule has 0 radical (unpaired) electrons. The standard InChI is InChI=1S/C42H55NO7/c1-20(2)17-28-47-32-34(38(7,8)48-28)46-27-14-15-39(9)40(10)21(13-16-41(39,45)42(27)35(32)49-42)18-24-29-23-19-25-30(37(5,6)50-36(25,3)4)31(44)22(23)11-12-26(29)43-33(24)40/h11-12,17,21,25,27-28,30,32,34-35,43,45H,13-16,18-19H2,1-10H3/t21-,25+,27+,28-,30-,32+,34+,35-,39+,40+,41-,42-/m0/s1. The first-order chi connectivity index (χ1) is 23.3. The van der Waals surface area contributed by atoms with Gasteiger partial charge in [-0.05, 0) is 129 Å². The van der Waals surface area contributed by atoms with Crippen LogP contribution < -0.4 is 0 Å². The summed E-state index contributed by atoms with van der Waals surface area (Å²) in [6.07, 6.45) is 5.41. The van der Waals surface area contributed by atoms with Gasteiger partial charge in [-0.15, -0.1) is 0 Å². The van der Waals surface area contributed by atoms with Gasteiger partial charge in [0.25, 0.3) is 0 Å². The van der Waals surface area contributed by atoms with Crippen molar-refractivity contribution in [3.8, 4) is 0 Å². The van der Waals surface area contributed by atoms with Crippen LogP contribution in [-0.4, -0.2) is 74.6 Å². The van der Waals surface area contributed by atoms with Crippen molar-refractivity contribution in [3.05, 3.63) is 46.2 Å². The van der Waals surface area contributed by atoms with Crippen LogP contribution in [0.5, 0.6) is 0 Å². The van der Waals surface area contributed by atoms with Crippen molar-refractivity contribution >= 4 is 16.7 Å². The number of allylic oxidation sites excluding steroid dienone is 1. The lowest BCUT2D eigenvalue weighted by molar-refractivity contribution is -0.343. The Bertz CT molecular complexity index is 1900. The SMILES string of the molecule is CC(C)=C[C@H]1O[C@@H]2[C@@H](O[C@@H]3CC[C@@]4(C)[C@@](O)(CC[C@H]5Cc6c([nH]c7ccc8c(c67)C[C@@H]6[C@@H](C8=O)C(C)(C)OC6(C)C)[C@@]54C)[C@]34O[C@@H]24)C(C)(C)O1. The Kier molecular flexibility index (Phi) is 6.09. The van der Waals surface area contributed by atoms with E-state index in [4.69, 9.17) is 23.7 Å². The summed E-state index contributed by atoms with van der Waals surface area (Å²) in [6, 6.07) is 4.19. The summed E-state index contributed by atoms with van der Waals surface area (Å²) in [5, 5.41) is 14.7. The number of ketones is 1. The molecule has 8 heteroatoms. The summed E-state index contributed by atoms with van der Waals surface area (Å²) in [5.41, 5.74) is 2.69. The van der Waals surface area contributed by atoms with Gasteiger partial charge in [0.2, 0.25) is 0 Å². The zero-order valence-corrected chi connectivity index (χ0v) is 31.5. The van der Waals surface area contributed by atoms with E-state index in [9.17, 15) is 9.90 Å². The molecule has 0 amide bonds. The van der Waals surface area contributed by atoms with Crippen LogP contribution in [0.4, 0.5) is 0 Å². The first-order valence-corrected chi connectivity index (χ1v) is 19.3. The Labute approximate surface area is 296 Å². The Balaban J connectivity index is 1.07. The van der Waals surface area contributed by atoms with Crippen molar-refractivity contribution in [1.29, 1.82) is 0 Å². The number of hydrogen-bond acceptors (Lipinski definition) is 7. The Morgan fingerprint density at radius 1 is 0.880 bits per heavy atom. The summed E-state index contributed by atoms with van der Waals surface area (Å²) in [7, 11) is 0. The number of epoxide rings is 1. The number of aromatic nitrogens is 1. The number of aliphatic hydroxyl groups is 1. The van der Waals surface area contributed by atoms with Crippen molar-refractivity contribution in [2.24, 2.45) is 23.2 Å². The number of nitrogens with one attached hydrogen (secondary N) is 1. The number of aromatic amines is 1. The quantitative estimate of drug-likeness (QED) is 0.250. The monoisotopic (exact) mass is 685 g/mol. The van der Waals surface area contributed by atoms with Crippen molar-refractivity contribution in [2.45, 2.75) is 172 Å². The van der Waals surface area contributed by atoms with Crippen LogP contribution in [0.25, 0.3) is 10.9 Å². The second-order valence-electron chi connectivity index (χ2n) is 19.6. The molecule has 0 unspecified atom stereocenters. The number of benzene rings is 1. The molecule has 8 aliphatic rings. The van der Waals surface area contributed by atoms with Gasteiger partial charge < -0.3 is 33.8 Å². The van der Waals surface area contributed by atoms with Gasteiger partial charge in [-0.25, -0.2) is 0 Å². The van der Waals surface area contributed by atoms with Crippen LogP contribution in [0.3, 0.4) is 0 Å². The second kappa shape index (κ2) is 9.34. The zero-order chi connectivity index (χ0) is 35.3. The topological polar surface area (TPSA) is 103 Å². The highest BCUT2D eigenvalue weighted by atomic mass is 16.8. The number of carbonyl (C=O) groups is 1. The normalized spacial score (nSPS) is 48.3. The average molecular weight is 686 g/mol. The molecule has 6 fully saturated rings. The molecule has 4 saturated heterocycles. The van der Waals surface area contributed by atoms with E-state index >= 15 is 0 Å². The molecule has 2 aromatic rings. The summed E-state index contributed by atoms with van der Waals surface area (Å²) in [5.74, 6) is 0.568. The molecule has 5 heterocycles. The summed E-state index contributed by atoms with van der Waals surface area (Å²) < 4.78 is 33.4. The van der Waals surface area contributed by atoms with Gasteiger partial charge >= 0.3 is 0 Å². The van der Waals surface area contributed by atoms with Crippen LogP contribution in [0.1, 0.15) is 122 Å². The van der Waals surface area contributed by atoms with E-state index in [0.29, 0.717) is 12.3 Å². The summed E-state index contributed by atoms with van der Waals surface area (Å²) in [4.78, 5) is 18.2. The lowest BCUT2D eigenvalue weighted by Crippen LogP contribution is -2.77. The van der Waals surface area contributed by atoms with E-state index in [0.717, 1.165) is 48.8 Å². The van der Waals surface area contributed by atoms with Crippen molar-refractivity contribution in [2.75, 3.05) is 0 Å². The molecule has 1 aromatic carbocycles. The molecule has 10 rings (SSSR count). The van der Waals surface area contributed by atoms with E-state index < -0.39 is 34.1 Å². The fraction of sp³-hybridized carbons (Fsp3) is 0.738. The molecule has 1 spiro atoms. The van der Waals surface area contributed by atoms with Gasteiger partial charge in [0.05, 0.1) is 28.8 Å². The average Bonchev–Trinajstić information content (AvgIpc) is 3.51. The van der Waals surface area contributed by atoms with Gasteiger partial charge in [-0.1, -0.05) is 19.4 Å². The molecular weight excluding hydrogens is 630 g/mol. The molecule has 0 bridgehead atoms. The lowest BCUT2D eigenvalue weighted by atomic mass is 9.40. The second-order valence-corrected chi connectivity index (χ2v) is 19.6. The maximum Gasteiger partial charge on any atom is 0.178 e. The van der Waals surface area contributed by atoms with Gasteiger partial charge in [0.15, 0.2) is 17.7 Å². The van der Waals surface area contributed by atoms with Gasteiger partial charge in [-0.2, -0.15) is 0 Å². The van der Waals surface area contributed by atoms with Crippen LogP contribution in [0.15, 0.2) is 23.8 Å². The Morgan fingerprint density at radius 3 is 2.38 bits per heavy atom. The minimum atomic E-state index is -1.11. The predicted octanol–water partition coefficient (Wildman–Crippen LogP) is 6.87. The third-order valence-corrected chi connectivity index (χ3v) is 15.9. The molecule has 2 saturated carbocycles. The maximum atomic E-state index is 14.3. The lowest BCUT2D eigenvalue weighted by Gasteiger charge is -2.66. The molecule has 12 atom stereocenters. The highest BCUT2D eigenvalue weighted by Crippen LogP contribution is 2.75. The van der Waals surface area contributed by atoms with E-state index in [-0.39, 0.29) is 53.1 Å². The molecule has 2 N–H and O–H groups in total. The van der Waals surface area contributed by atoms with Gasteiger partial charge in [-0.3, -0.25) is 4.79 Å². The Hall–Kier alpha value is -2.07. The number of H-pyrrole nitrogens is 1. The zero-order valence-electron chi connectivity index (χ0n) is 31.5. The number of carbonyl (C=O) groups excluding carboxylic acids is 1. The van der Waals surface area contributed by atoms with Crippen LogP contribution >= 0.6 is 0 Å². The van der Waals surface area contributed by atoms with Crippen LogP contribution in [0.2, 0.25) is 0 Å². The van der Waals surface area contributed by atoms with Gasteiger partial charge in [0.1, 0.15) is 23.9 Å². The first-order valence-electron chi connectivity index (χ1n) is 19.3. The van der Waals surface area contributed by atoms with Gasteiger partial charge in [0, 0.05) is 38.9 Å². The number of rotatable bonds is 1. The fourth-order valence-electron chi connectivity index (χ4n) is 13.6. The molecule has 8 nitrogen and oxygen atoms in total. The summed E-state index contributed by atoms with van der Waals surface area (Å²) >= 11 is 0.